The van der Waals surface area contributed by atoms with Gasteiger partial charge in [-0.2, -0.15) is 13.2 Å². The summed E-state index contributed by atoms with van der Waals surface area (Å²) in [6, 6.07) is 2.80. The van der Waals surface area contributed by atoms with Gasteiger partial charge in [-0.25, -0.2) is 0 Å². The summed E-state index contributed by atoms with van der Waals surface area (Å²) in [6.07, 6.45) is -4.33. The van der Waals surface area contributed by atoms with Crippen LogP contribution in [0.1, 0.15) is 5.56 Å². The molecule has 1 N–H and O–H groups in total. The highest BCUT2D eigenvalue weighted by Crippen LogP contribution is 2.29. The number of hydrogen-bond acceptors (Lipinski definition) is 1. The molecule has 0 atom stereocenters. The lowest BCUT2D eigenvalue weighted by molar-refractivity contribution is -0.137. The van der Waals surface area contributed by atoms with Crippen molar-refractivity contribution < 1.29 is 18.3 Å². The van der Waals surface area contributed by atoms with Crippen LogP contribution in [0.4, 0.5) is 13.2 Å². The molecule has 1 nitrogen and oxygen atoms in total. The molecular formula is C7H6BF3O. The first-order valence-electron chi connectivity index (χ1n) is 3.28. The molecule has 0 aliphatic rings. The van der Waals surface area contributed by atoms with Crippen LogP contribution < -0.4 is 5.46 Å². The predicted octanol–water partition coefficient (Wildman–Crippen LogP) is 0.669. The third-order valence-electron chi connectivity index (χ3n) is 1.52. The fraction of sp³-hybridized carbons (Fsp3) is 0.143. The highest BCUT2D eigenvalue weighted by atomic mass is 19.4. The molecule has 0 amide bonds. The van der Waals surface area contributed by atoms with Gasteiger partial charge in [-0.15, -0.1) is 0 Å². The molecule has 0 aromatic heterocycles. The van der Waals surface area contributed by atoms with E-state index in [-0.39, 0.29) is 11.2 Å². The lowest BCUT2D eigenvalue weighted by Gasteiger charge is -2.07. The van der Waals surface area contributed by atoms with Gasteiger partial charge in [0.05, 0.1) is 5.56 Å². The molecule has 1 rings (SSSR count). The van der Waals surface area contributed by atoms with Crippen molar-refractivity contribution in [3.63, 3.8) is 0 Å². The molecule has 0 spiro atoms. The standard InChI is InChI=1S/C7H6BF3O/c8-5-3-4(7(9,10)11)1-2-6(5)12/h1-3,12H,8H2. The van der Waals surface area contributed by atoms with Gasteiger partial charge in [0.25, 0.3) is 0 Å². The zero-order chi connectivity index (χ0) is 9.35. The molecule has 0 fully saturated rings. The SMILES string of the molecule is Bc1cc(C(F)(F)F)ccc1O. The van der Waals surface area contributed by atoms with Gasteiger partial charge in [0.15, 0.2) is 0 Å². The number of halogens is 3. The fourth-order valence-electron chi connectivity index (χ4n) is 0.832. The highest BCUT2D eigenvalue weighted by molar-refractivity contribution is 6.34. The number of phenols is 1. The quantitative estimate of drug-likeness (QED) is 0.573. The molecular weight excluding hydrogens is 168 g/mol. The van der Waals surface area contributed by atoms with E-state index in [1.54, 1.807) is 0 Å². The smallest absolute Gasteiger partial charge is 0.416 e. The number of phenolic OH excluding ortho intramolecular Hbond substituents is 1. The lowest BCUT2D eigenvalue weighted by atomic mass is 9.93. The van der Waals surface area contributed by atoms with Crippen molar-refractivity contribution in [1.82, 2.24) is 0 Å². The summed E-state index contributed by atoms with van der Waals surface area (Å²) in [6.45, 7) is 0. The summed E-state index contributed by atoms with van der Waals surface area (Å²) >= 11 is 0. The second-order valence-electron chi connectivity index (χ2n) is 2.50. The van der Waals surface area contributed by atoms with Crippen molar-refractivity contribution in [3.8, 4) is 5.75 Å². The van der Waals surface area contributed by atoms with Crippen LogP contribution >= 0.6 is 0 Å². The highest BCUT2D eigenvalue weighted by Gasteiger charge is 2.30. The Balaban J connectivity index is 3.14. The van der Waals surface area contributed by atoms with Crippen LogP contribution in [0.15, 0.2) is 18.2 Å². The first-order chi connectivity index (χ1) is 5.41. The third-order valence-corrected chi connectivity index (χ3v) is 1.52. The van der Waals surface area contributed by atoms with Crippen LogP contribution in [0.25, 0.3) is 0 Å². The van der Waals surface area contributed by atoms with Gasteiger partial charge < -0.3 is 5.11 Å². The molecule has 0 saturated carbocycles. The predicted molar refractivity (Wildman–Crippen MR) is 41.3 cm³/mol. The van der Waals surface area contributed by atoms with Crippen LogP contribution in [0.3, 0.4) is 0 Å². The van der Waals surface area contributed by atoms with E-state index in [0.29, 0.717) is 0 Å². The van der Waals surface area contributed by atoms with E-state index in [2.05, 4.69) is 0 Å². The zero-order valence-electron chi connectivity index (χ0n) is 6.31. The Hall–Kier alpha value is -1.13. The van der Waals surface area contributed by atoms with Gasteiger partial charge in [0.2, 0.25) is 0 Å². The number of hydrogen-bond donors (Lipinski definition) is 1. The van der Waals surface area contributed by atoms with E-state index >= 15 is 0 Å². The van der Waals surface area contributed by atoms with E-state index in [9.17, 15) is 13.2 Å². The van der Waals surface area contributed by atoms with E-state index in [0.717, 1.165) is 18.2 Å². The molecule has 0 bridgehead atoms. The minimum absolute atomic E-state index is 0.122. The normalized spacial score (nSPS) is 11.6. The Morgan fingerprint density at radius 3 is 2.25 bits per heavy atom. The summed E-state index contributed by atoms with van der Waals surface area (Å²) in [5.74, 6) is -0.122. The van der Waals surface area contributed by atoms with Crippen LogP contribution in [0.2, 0.25) is 0 Å². The Bertz CT molecular complexity index is 295. The van der Waals surface area contributed by atoms with Gasteiger partial charge >= 0.3 is 6.18 Å². The molecule has 1 aromatic carbocycles. The van der Waals surface area contributed by atoms with Crippen LogP contribution in [-0.4, -0.2) is 13.0 Å². The Labute approximate surface area is 68.2 Å². The van der Waals surface area contributed by atoms with Crippen molar-refractivity contribution in [2.75, 3.05) is 0 Å². The Morgan fingerprint density at radius 1 is 1.25 bits per heavy atom. The summed E-state index contributed by atoms with van der Waals surface area (Å²) in [5.41, 5.74) is -0.511. The molecule has 64 valence electrons. The molecule has 0 aliphatic carbocycles. The maximum absolute atomic E-state index is 12.0. The minimum atomic E-state index is -4.33. The molecule has 0 heterocycles. The molecule has 1 aromatic rings. The molecule has 12 heavy (non-hydrogen) atoms. The van der Waals surface area contributed by atoms with Gasteiger partial charge in [-0.1, -0.05) is 6.07 Å². The van der Waals surface area contributed by atoms with Gasteiger partial charge in [0.1, 0.15) is 13.6 Å². The maximum atomic E-state index is 12.0. The summed E-state index contributed by atoms with van der Waals surface area (Å²) in [4.78, 5) is 0. The topological polar surface area (TPSA) is 20.2 Å². The number of aromatic hydroxyl groups is 1. The first-order valence-corrected chi connectivity index (χ1v) is 3.28. The summed E-state index contributed by atoms with van der Waals surface area (Å²) in [5, 5.41) is 8.94. The van der Waals surface area contributed by atoms with Crippen LogP contribution in [-0.2, 0) is 6.18 Å². The number of rotatable bonds is 0. The van der Waals surface area contributed by atoms with Crippen LogP contribution in [0.5, 0.6) is 5.75 Å². The van der Waals surface area contributed by atoms with Gasteiger partial charge in [-0.3, -0.25) is 0 Å². The fourth-order valence-corrected chi connectivity index (χ4v) is 0.832. The lowest BCUT2D eigenvalue weighted by Crippen LogP contribution is -2.11. The Morgan fingerprint density at radius 2 is 1.83 bits per heavy atom. The molecule has 0 unspecified atom stereocenters. The van der Waals surface area contributed by atoms with E-state index < -0.39 is 11.7 Å². The number of benzene rings is 1. The third kappa shape index (κ3) is 1.72. The van der Waals surface area contributed by atoms with E-state index in [1.165, 1.54) is 7.85 Å². The van der Waals surface area contributed by atoms with Crippen molar-refractivity contribution in [2.45, 2.75) is 6.18 Å². The average molecular weight is 174 g/mol. The first kappa shape index (κ1) is 8.97. The van der Waals surface area contributed by atoms with E-state index in [1.807, 2.05) is 0 Å². The van der Waals surface area contributed by atoms with E-state index in [4.69, 9.17) is 5.11 Å². The largest absolute Gasteiger partial charge is 0.509 e. The maximum Gasteiger partial charge on any atom is 0.416 e. The van der Waals surface area contributed by atoms with Crippen molar-refractivity contribution in [1.29, 1.82) is 0 Å². The molecule has 0 aliphatic heterocycles. The average Bonchev–Trinajstić information content (AvgIpc) is 1.92. The van der Waals surface area contributed by atoms with Gasteiger partial charge in [0, 0.05) is 0 Å². The molecule has 0 saturated heterocycles. The molecule has 0 radical (unpaired) electrons. The molecule has 5 heteroatoms. The second kappa shape index (κ2) is 2.73. The summed E-state index contributed by atoms with van der Waals surface area (Å²) < 4.78 is 36.1. The number of alkyl halides is 3. The van der Waals surface area contributed by atoms with Crippen LogP contribution in [0, 0.1) is 0 Å². The Kier molecular flexibility index (Phi) is 2.04. The zero-order valence-corrected chi connectivity index (χ0v) is 6.31. The van der Waals surface area contributed by atoms with Crippen molar-refractivity contribution >= 4 is 13.3 Å². The van der Waals surface area contributed by atoms with Gasteiger partial charge in [-0.05, 0) is 17.6 Å². The second-order valence-corrected chi connectivity index (χ2v) is 2.50. The summed E-state index contributed by atoms with van der Waals surface area (Å²) in [7, 11) is 1.42. The minimum Gasteiger partial charge on any atom is -0.509 e. The van der Waals surface area contributed by atoms with Crippen molar-refractivity contribution in [3.05, 3.63) is 23.8 Å². The monoisotopic (exact) mass is 174 g/mol. The van der Waals surface area contributed by atoms with Crippen molar-refractivity contribution in [2.24, 2.45) is 0 Å².